The number of nitrogens with zero attached hydrogens (tertiary/aromatic N) is 4. The number of ketones is 1. The average molecular weight is 798 g/mol. The summed E-state index contributed by atoms with van der Waals surface area (Å²) in [6.45, 7) is 12.5. The van der Waals surface area contributed by atoms with E-state index in [2.05, 4.69) is 52.7 Å². The Balaban J connectivity index is 1.32. The van der Waals surface area contributed by atoms with E-state index in [0.29, 0.717) is 48.8 Å². The lowest BCUT2D eigenvalue weighted by atomic mass is 9.89. The second-order valence-corrected chi connectivity index (χ2v) is 14.7. The number of aliphatic hydroxyl groups is 1. The second kappa shape index (κ2) is 18.0. The molecular formula is C47H49N4O6S+. The molecule has 2 aliphatic rings. The van der Waals surface area contributed by atoms with Gasteiger partial charge in [0.15, 0.2) is 16.8 Å². The van der Waals surface area contributed by atoms with Crippen LogP contribution in [0.4, 0.5) is 11.4 Å². The predicted molar refractivity (Wildman–Crippen MR) is 232 cm³/mol. The highest BCUT2D eigenvalue weighted by Crippen LogP contribution is 2.47. The molecule has 0 saturated carbocycles. The molecule has 0 saturated heterocycles. The molecule has 2 heterocycles. The van der Waals surface area contributed by atoms with Crippen molar-refractivity contribution in [2.45, 2.75) is 40.5 Å². The zero-order chi connectivity index (χ0) is 40.8. The van der Waals surface area contributed by atoms with Crippen molar-refractivity contribution in [1.82, 2.24) is 4.57 Å². The van der Waals surface area contributed by atoms with Gasteiger partial charge in [-0.25, -0.2) is 9.13 Å². The number of esters is 1. The van der Waals surface area contributed by atoms with Crippen molar-refractivity contribution in [3.8, 4) is 11.5 Å². The van der Waals surface area contributed by atoms with Crippen LogP contribution in [0.1, 0.15) is 43.3 Å². The number of β-amino-alcohol motifs (C(OH)–C–C–N with tert-alkyl or cyclic N) is 1. The zero-order valence-corrected chi connectivity index (χ0v) is 34.3. The van der Waals surface area contributed by atoms with Crippen LogP contribution in [0.2, 0.25) is 0 Å². The van der Waals surface area contributed by atoms with Crippen LogP contribution in [-0.2, 0) is 34.0 Å². The fourth-order valence-corrected chi connectivity index (χ4v) is 8.46. The molecule has 1 aliphatic heterocycles. The fourth-order valence-electron chi connectivity index (χ4n) is 7.50. The summed E-state index contributed by atoms with van der Waals surface area (Å²) in [7, 11) is 1.66. The van der Waals surface area contributed by atoms with Crippen molar-refractivity contribution >= 4 is 58.1 Å². The predicted octanol–water partition coefficient (Wildman–Crippen LogP) is 7.92. The largest absolute Gasteiger partial charge is 0.497 e. The van der Waals surface area contributed by atoms with E-state index in [0.717, 1.165) is 62.2 Å². The SMILES string of the molecule is C=Cc1ccc(C[n+]2c(/C=C3/C(=O)C(/C=C4/N(CC)c5cc(OCc6ccccc6)ccc5N4CCO)=C3SCC(=O)OCC)n(CC)c3cc(OC)ccc32)cc1. The van der Waals surface area contributed by atoms with E-state index >= 15 is 0 Å². The Hall–Kier alpha value is -6.04. The number of benzene rings is 4. The highest BCUT2D eigenvalue weighted by atomic mass is 32.2. The normalized spacial score (nSPS) is 15.0. The summed E-state index contributed by atoms with van der Waals surface area (Å²) in [6, 6.07) is 30.2. The summed E-state index contributed by atoms with van der Waals surface area (Å²) in [4.78, 5) is 32.2. The fraction of sp³-hybridized carbons (Fsp3) is 0.255. The Morgan fingerprint density at radius 3 is 2.34 bits per heavy atom. The van der Waals surface area contributed by atoms with Gasteiger partial charge in [-0.2, -0.15) is 0 Å². The smallest absolute Gasteiger partial charge is 0.316 e. The molecule has 7 rings (SSSR count). The summed E-state index contributed by atoms with van der Waals surface area (Å²) in [6.07, 6.45) is 5.67. The number of allylic oxidation sites excluding steroid dienone is 3. The number of Topliss-reactive ketones (excluding diaryl/α,β-unsaturated/α-hetero) is 1. The molecule has 11 heteroatoms. The van der Waals surface area contributed by atoms with Crippen LogP contribution in [0.3, 0.4) is 0 Å². The number of aliphatic hydroxyl groups excluding tert-OH is 1. The topological polar surface area (TPSA) is 97.4 Å². The van der Waals surface area contributed by atoms with Crippen molar-refractivity contribution in [2.75, 3.05) is 49.0 Å². The third-order valence-electron chi connectivity index (χ3n) is 10.3. The first-order chi connectivity index (χ1) is 28.3. The van der Waals surface area contributed by atoms with E-state index in [9.17, 15) is 14.7 Å². The number of anilines is 2. The Morgan fingerprint density at radius 1 is 0.879 bits per heavy atom. The molecular weight excluding hydrogens is 749 g/mol. The molecule has 58 heavy (non-hydrogen) atoms. The van der Waals surface area contributed by atoms with Crippen LogP contribution in [0.15, 0.2) is 126 Å². The van der Waals surface area contributed by atoms with Crippen molar-refractivity contribution < 1.29 is 33.5 Å². The van der Waals surface area contributed by atoms with Gasteiger partial charge in [-0.3, -0.25) is 9.59 Å². The van der Waals surface area contributed by atoms with Crippen molar-refractivity contribution in [3.05, 3.63) is 148 Å². The molecule has 0 bridgehead atoms. The van der Waals surface area contributed by atoms with Gasteiger partial charge < -0.3 is 29.1 Å². The summed E-state index contributed by atoms with van der Waals surface area (Å²) >= 11 is 1.31. The summed E-state index contributed by atoms with van der Waals surface area (Å²) < 4.78 is 21.5. The van der Waals surface area contributed by atoms with Gasteiger partial charge in [-0.05, 0) is 67.8 Å². The molecule has 4 aromatic carbocycles. The number of hydrogen-bond donors (Lipinski definition) is 1. The minimum atomic E-state index is -0.355. The average Bonchev–Trinajstić information content (AvgIpc) is 3.71. The molecule has 298 valence electrons. The molecule has 0 spiro atoms. The third-order valence-corrected chi connectivity index (χ3v) is 11.4. The molecule has 1 aromatic heterocycles. The first-order valence-electron chi connectivity index (χ1n) is 19.6. The number of methoxy groups -OCH3 is 1. The number of aryl methyl sites for hydroxylation is 1. The minimum Gasteiger partial charge on any atom is -0.497 e. The molecule has 0 fully saturated rings. The summed E-state index contributed by atoms with van der Waals surface area (Å²) in [5, 5.41) is 10.2. The zero-order valence-electron chi connectivity index (χ0n) is 33.4. The van der Waals surface area contributed by atoms with Crippen LogP contribution in [0, 0.1) is 0 Å². The van der Waals surface area contributed by atoms with Gasteiger partial charge in [-0.1, -0.05) is 67.3 Å². The number of carbonyl (C=O) groups excluding carboxylic acids is 2. The maximum absolute atomic E-state index is 14.5. The molecule has 1 N–H and O–H groups in total. The number of hydrogen-bond acceptors (Lipinski definition) is 9. The van der Waals surface area contributed by atoms with E-state index in [1.807, 2.05) is 95.9 Å². The number of ether oxygens (including phenoxy) is 3. The van der Waals surface area contributed by atoms with Crippen LogP contribution in [-0.4, -0.2) is 60.6 Å². The Bertz CT molecular complexity index is 2430. The van der Waals surface area contributed by atoms with E-state index in [1.165, 1.54) is 11.8 Å². The van der Waals surface area contributed by atoms with Gasteiger partial charge in [0.2, 0.25) is 0 Å². The van der Waals surface area contributed by atoms with Crippen molar-refractivity contribution in [1.29, 1.82) is 0 Å². The van der Waals surface area contributed by atoms with E-state index in [-0.39, 0.29) is 30.7 Å². The third kappa shape index (κ3) is 8.05. The van der Waals surface area contributed by atoms with Gasteiger partial charge in [0.05, 0.1) is 44.0 Å². The number of thioether (sulfide) groups is 1. The van der Waals surface area contributed by atoms with E-state index in [4.69, 9.17) is 14.2 Å². The first-order valence-corrected chi connectivity index (χ1v) is 20.6. The number of carbonyl (C=O) groups is 2. The Morgan fingerprint density at radius 2 is 1.66 bits per heavy atom. The quantitative estimate of drug-likeness (QED) is 0.0572. The van der Waals surface area contributed by atoms with Crippen molar-refractivity contribution in [2.24, 2.45) is 0 Å². The molecule has 0 radical (unpaired) electrons. The Labute approximate surface area is 343 Å². The van der Waals surface area contributed by atoms with Gasteiger partial charge in [0.1, 0.15) is 30.5 Å². The monoisotopic (exact) mass is 797 g/mol. The summed E-state index contributed by atoms with van der Waals surface area (Å²) in [5.41, 5.74) is 8.01. The van der Waals surface area contributed by atoms with E-state index in [1.54, 1.807) is 14.0 Å². The highest BCUT2D eigenvalue weighted by molar-refractivity contribution is 8.04. The van der Waals surface area contributed by atoms with Gasteiger partial charge in [0.25, 0.3) is 5.82 Å². The lowest BCUT2D eigenvalue weighted by Gasteiger charge is -2.28. The van der Waals surface area contributed by atoms with Crippen LogP contribution < -0.4 is 23.8 Å². The number of fused-ring (bicyclic) bond motifs is 2. The lowest BCUT2D eigenvalue weighted by Crippen LogP contribution is -2.38. The molecule has 0 unspecified atom stereocenters. The van der Waals surface area contributed by atoms with Gasteiger partial charge >= 0.3 is 5.97 Å². The standard InChI is InChI=1S/C47H49N4O6S/c1-6-32-15-17-33(18-16-32)29-51-40-21-19-35(55-5)25-41(40)49(8-3)44(51)28-38-46(54)37(47(38)58-31-45(53)56-9-4)27-43-48(7-2)42-26-36(20-22-39(42)50(43)23-24-52)57-30-34-13-11-10-12-14-34/h6,10-22,25-28,52H,1,7-9,23-24,29-31H2,2-5H3/q+1. The van der Waals surface area contributed by atoms with E-state index < -0.39 is 0 Å². The van der Waals surface area contributed by atoms with Crippen LogP contribution in [0.5, 0.6) is 11.5 Å². The molecule has 0 atom stereocenters. The molecule has 1 aliphatic carbocycles. The highest BCUT2D eigenvalue weighted by Gasteiger charge is 2.38. The Kier molecular flexibility index (Phi) is 12.5. The number of rotatable bonds is 17. The minimum absolute atomic E-state index is 0.0459. The van der Waals surface area contributed by atoms with Gasteiger partial charge in [-0.15, -0.1) is 11.8 Å². The molecule has 10 nitrogen and oxygen atoms in total. The second-order valence-electron chi connectivity index (χ2n) is 13.8. The number of imidazole rings is 1. The molecule has 0 amide bonds. The first kappa shape index (κ1) is 40.2. The van der Waals surface area contributed by atoms with Crippen LogP contribution >= 0.6 is 11.8 Å². The van der Waals surface area contributed by atoms with Gasteiger partial charge in [0, 0.05) is 47.3 Å². The number of aromatic nitrogens is 2. The molecule has 5 aromatic rings. The maximum atomic E-state index is 14.5. The lowest BCUT2D eigenvalue weighted by molar-refractivity contribution is -0.665. The maximum Gasteiger partial charge on any atom is 0.316 e. The van der Waals surface area contributed by atoms with Crippen LogP contribution in [0.25, 0.3) is 23.2 Å². The summed E-state index contributed by atoms with van der Waals surface area (Å²) in [5.74, 6) is 2.62. The van der Waals surface area contributed by atoms with Crippen molar-refractivity contribution in [3.63, 3.8) is 0 Å².